The molecule has 7 rings (SSSR count). The summed E-state index contributed by atoms with van der Waals surface area (Å²) < 4.78 is 5.97. The molecule has 3 aromatic carbocycles. The molecular weight excluding hydrogens is 396 g/mol. The van der Waals surface area contributed by atoms with Crippen LogP contribution in [-0.2, 0) is 4.79 Å². The topological polar surface area (TPSA) is 46.5 Å². The minimum absolute atomic E-state index is 0.0383. The molecule has 3 heteroatoms. The van der Waals surface area contributed by atoms with Crippen LogP contribution < -0.4 is 4.74 Å². The third-order valence-electron chi connectivity index (χ3n) is 8.00. The van der Waals surface area contributed by atoms with Crippen LogP contribution >= 0.6 is 0 Å². The Bertz CT molecular complexity index is 1090. The average Bonchev–Trinajstić information content (AvgIpc) is 2.84. The molecule has 1 saturated carbocycles. The van der Waals surface area contributed by atoms with Gasteiger partial charge in [-0.1, -0.05) is 79.6 Å². The molecule has 0 aliphatic heterocycles. The zero-order chi connectivity index (χ0) is 21.7. The van der Waals surface area contributed by atoms with Crippen LogP contribution in [0.1, 0.15) is 59.8 Å². The molecule has 1 fully saturated rings. The molecule has 0 saturated heterocycles. The van der Waals surface area contributed by atoms with Crippen molar-refractivity contribution in [1.82, 2.24) is 0 Å². The summed E-state index contributed by atoms with van der Waals surface area (Å²) in [5.74, 6) is 0.327. The van der Waals surface area contributed by atoms with Crippen molar-refractivity contribution >= 4 is 5.97 Å². The monoisotopic (exact) mass is 424 g/mol. The van der Waals surface area contributed by atoms with Gasteiger partial charge in [-0.05, 0) is 59.1 Å². The zero-order valence-corrected chi connectivity index (χ0v) is 18.1. The molecule has 0 aromatic heterocycles. The predicted octanol–water partition coefficient (Wildman–Crippen LogP) is 5.67. The standard InChI is InChI=1S/C29H28O3/c30-24-17-9-8-16-23(24)27-25-19-12-4-6-14-21(19)26(22-15-7-5-13-20(22)25)28(27)29(31)32-18-10-2-1-3-11-18/h1-7,10-15,23-28,30H,8-9,16-17H2. The van der Waals surface area contributed by atoms with Crippen LogP contribution in [0.2, 0.25) is 0 Å². The Kier molecular flexibility index (Phi) is 4.87. The van der Waals surface area contributed by atoms with Crippen LogP contribution in [0.15, 0.2) is 78.9 Å². The first kappa shape index (κ1) is 19.8. The summed E-state index contributed by atoms with van der Waals surface area (Å²) in [6, 6.07) is 26.6. The van der Waals surface area contributed by atoms with Crippen molar-refractivity contribution in [3.05, 3.63) is 101 Å². The van der Waals surface area contributed by atoms with E-state index < -0.39 is 0 Å². The summed E-state index contributed by atoms with van der Waals surface area (Å²) in [5, 5.41) is 11.1. The van der Waals surface area contributed by atoms with Gasteiger partial charge in [0.05, 0.1) is 12.0 Å². The van der Waals surface area contributed by atoms with Gasteiger partial charge in [0.2, 0.25) is 0 Å². The van der Waals surface area contributed by atoms with Gasteiger partial charge in [0.1, 0.15) is 5.75 Å². The molecule has 3 nitrogen and oxygen atoms in total. The van der Waals surface area contributed by atoms with Gasteiger partial charge in [-0.25, -0.2) is 0 Å². The highest BCUT2D eigenvalue weighted by Gasteiger charge is 2.56. The van der Waals surface area contributed by atoms with E-state index in [9.17, 15) is 9.90 Å². The summed E-state index contributed by atoms with van der Waals surface area (Å²) in [7, 11) is 0. The van der Waals surface area contributed by atoms with E-state index in [0.29, 0.717) is 5.75 Å². The van der Waals surface area contributed by atoms with E-state index in [1.807, 2.05) is 30.3 Å². The van der Waals surface area contributed by atoms with Crippen molar-refractivity contribution in [2.75, 3.05) is 0 Å². The second kappa shape index (κ2) is 7.90. The lowest BCUT2D eigenvalue weighted by atomic mass is 9.50. The van der Waals surface area contributed by atoms with E-state index in [1.54, 1.807) is 0 Å². The van der Waals surface area contributed by atoms with Gasteiger partial charge in [0.15, 0.2) is 0 Å². The summed E-state index contributed by atoms with van der Waals surface area (Å²) in [4.78, 5) is 13.8. The minimum Gasteiger partial charge on any atom is -0.426 e. The number of benzene rings is 3. The fraction of sp³-hybridized carbons (Fsp3) is 0.345. The van der Waals surface area contributed by atoms with Crippen molar-refractivity contribution in [3.63, 3.8) is 0 Å². The highest BCUT2D eigenvalue weighted by Crippen LogP contribution is 2.61. The van der Waals surface area contributed by atoms with Gasteiger partial charge < -0.3 is 9.84 Å². The molecule has 4 atom stereocenters. The Hall–Kier alpha value is -2.91. The second-order valence-corrected chi connectivity index (χ2v) is 9.57. The fourth-order valence-electron chi connectivity index (χ4n) is 6.79. The normalized spacial score (nSPS) is 30.3. The third kappa shape index (κ3) is 3.02. The molecule has 4 aliphatic rings. The molecule has 3 aromatic rings. The molecule has 1 N–H and O–H groups in total. The van der Waals surface area contributed by atoms with E-state index >= 15 is 0 Å². The van der Waals surface area contributed by atoms with Crippen molar-refractivity contribution in [1.29, 1.82) is 0 Å². The van der Waals surface area contributed by atoms with Gasteiger partial charge in [-0.2, -0.15) is 0 Å². The minimum atomic E-state index is -0.362. The molecule has 0 amide bonds. The van der Waals surface area contributed by atoms with E-state index in [2.05, 4.69) is 48.5 Å². The molecule has 162 valence electrons. The lowest BCUT2D eigenvalue weighted by molar-refractivity contribution is -0.145. The molecule has 0 heterocycles. The number of aliphatic hydroxyl groups excluding tert-OH is 1. The van der Waals surface area contributed by atoms with Crippen molar-refractivity contribution < 1.29 is 14.6 Å². The number of hydrogen-bond donors (Lipinski definition) is 1. The number of rotatable bonds is 3. The predicted molar refractivity (Wildman–Crippen MR) is 124 cm³/mol. The smallest absolute Gasteiger partial charge is 0.315 e. The Morgan fingerprint density at radius 1 is 0.719 bits per heavy atom. The van der Waals surface area contributed by atoms with Gasteiger partial charge in [0, 0.05) is 11.8 Å². The summed E-state index contributed by atoms with van der Waals surface area (Å²) in [6.07, 6.45) is 3.60. The lowest BCUT2D eigenvalue weighted by Gasteiger charge is -2.53. The van der Waals surface area contributed by atoms with Crippen molar-refractivity contribution in [3.8, 4) is 5.75 Å². The first-order chi connectivity index (χ1) is 15.7. The Morgan fingerprint density at radius 2 is 1.25 bits per heavy atom. The highest BCUT2D eigenvalue weighted by molar-refractivity contribution is 5.80. The summed E-state index contributed by atoms with van der Waals surface area (Å²) >= 11 is 0. The number of hydrogen-bond acceptors (Lipinski definition) is 3. The first-order valence-corrected chi connectivity index (χ1v) is 11.9. The number of esters is 1. The van der Waals surface area contributed by atoms with Gasteiger partial charge in [0.25, 0.3) is 0 Å². The zero-order valence-electron chi connectivity index (χ0n) is 18.1. The van der Waals surface area contributed by atoms with Crippen molar-refractivity contribution in [2.45, 2.75) is 43.6 Å². The lowest BCUT2D eigenvalue weighted by Crippen LogP contribution is -2.50. The molecule has 32 heavy (non-hydrogen) atoms. The van der Waals surface area contributed by atoms with Crippen LogP contribution in [0.25, 0.3) is 0 Å². The van der Waals surface area contributed by atoms with E-state index in [-0.39, 0.29) is 41.7 Å². The van der Waals surface area contributed by atoms with E-state index in [4.69, 9.17) is 4.74 Å². The first-order valence-electron chi connectivity index (χ1n) is 11.9. The summed E-state index contributed by atoms with van der Waals surface area (Å²) in [5.41, 5.74) is 5.13. The number of carbonyl (C=O) groups is 1. The second-order valence-electron chi connectivity index (χ2n) is 9.57. The number of carbonyl (C=O) groups excluding carboxylic acids is 1. The summed E-state index contributed by atoms with van der Waals surface area (Å²) in [6.45, 7) is 0. The van der Waals surface area contributed by atoms with E-state index in [0.717, 1.165) is 25.7 Å². The third-order valence-corrected chi connectivity index (χ3v) is 8.00. The van der Waals surface area contributed by atoms with Crippen molar-refractivity contribution in [2.24, 2.45) is 17.8 Å². The Morgan fingerprint density at radius 3 is 1.84 bits per heavy atom. The van der Waals surface area contributed by atoms with Crippen LogP contribution in [0.4, 0.5) is 0 Å². The maximum Gasteiger partial charge on any atom is 0.315 e. The number of aliphatic hydroxyl groups is 1. The van der Waals surface area contributed by atoms with E-state index in [1.165, 1.54) is 22.3 Å². The van der Waals surface area contributed by atoms with Crippen LogP contribution in [-0.4, -0.2) is 17.2 Å². The van der Waals surface area contributed by atoms with Crippen LogP contribution in [0.3, 0.4) is 0 Å². The van der Waals surface area contributed by atoms with Gasteiger partial charge in [-0.3, -0.25) is 4.79 Å². The van der Waals surface area contributed by atoms with Crippen LogP contribution in [0.5, 0.6) is 5.75 Å². The number of ether oxygens (including phenoxy) is 1. The number of fused-ring (bicyclic) bond motifs is 1. The molecule has 2 bridgehead atoms. The maximum absolute atomic E-state index is 13.8. The largest absolute Gasteiger partial charge is 0.426 e. The van der Waals surface area contributed by atoms with Crippen LogP contribution in [0, 0.1) is 17.8 Å². The maximum atomic E-state index is 13.8. The SMILES string of the molecule is O=C(Oc1ccccc1)C1C2c3ccccc3C(c3ccccc32)C1C1CCCCC1O. The average molecular weight is 425 g/mol. The molecule has 4 unspecified atom stereocenters. The molecule has 0 spiro atoms. The fourth-order valence-corrected chi connectivity index (χ4v) is 6.79. The molecule has 0 radical (unpaired) electrons. The highest BCUT2D eigenvalue weighted by atomic mass is 16.5. The van der Waals surface area contributed by atoms with Gasteiger partial charge >= 0.3 is 5.97 Å². The number of para-hydroxylation sites is 1. The molecule has 4 aliphatic carbocycles. The Labute approximate surface area is 189 Å². The Balaban J connectivity index is 1.51. The molecular formula is C29H28O3. The quantitative estimate of drug-likeness (QED) is 0.435. The van der Waals surface area contributed by atoms with Gasteiger partial charge in [-0.15, -0.1) is 0 Å².